The summed E-state index contributed by atoms with van der Waals surface area (Å²) in [6.07, 6.45) is 1.65. The van der Waals surface area contributed by atoms with Gasteiger partial charge in [0, 0.05) is 0 Å². The van der Waals surface area contributed by atoms with E-state index in [1.165, 1.54) is 6.42 Å². The van der Waals surface area contributed by atoms with Crippen molar-refractivity contribution < 1.29 is 4.74 Å². The minimum absolute atomic E-state index is 0.162. The predicted octanol–water partition coefficient (Wildman–Crippen LogP) is 0.113. The summed E-state index contributed by atoms with van der Waals surface area (Å²) in [5.74, 6) is 0. The average Bonchev–Trinajstić information content (AvgIpc) is 2.21. The average molecular weight is 82.1 g/mol. The first-order valence-corrected chi connectivity index (χ1v) is 1.78. The molecule has 31 valence electrons. The normalized spacial score (nSPS) is 28.8. The molecule has 1 fully saturated rings. The minimum Gasteiger partial charge on any atom is -0.372 e. The standard InChI is InChI=1S/C4H4NO/c5-2-1-4-3-6-4/h1,4H,3H2. The van der Waals surface area contributed by atoms with Crippen molar-refractivity contribution in [1.82, 2.24) is 0 Å². The number of hydrogen-bond acceptors (Lipinski definition) is 2. The summed E-state index contributed by atoms with van der Waals surface area (Å²) in [4.78, 5) is 0. The van der Waals surface area contributed by atoms with Gasteiger partial charge in [-0.25, -0.2) is 0 Å². The van der Waals surface area contributed by atoms with E-state index >= 15 is 0 Å². The van der Waals surface area contributed by atoms with Gasteiger partial charge in [0.15, 0.2) is 0 Å². The van der Waals surface area contributed by atoms with Crippen LogP contribution in [0.15, 0.2) is 0 Å². The number of nitrogens with zero attached hydrogens (tertiary/aromatic N) is 1. The highest BCUT2D eigenvalue weighted by Gasteiger charge is 2.21. The first kappa shape index (κ1) is 3.63. The van der Waals surface area contributed by atoms with Gasteiger partial charge in [0.25, 0.3) is 0 Å². The quantitative estimate of drug-likeness (QED) is 0.421. The fourth-order valence-electron chi connectivity index (χ4n) is 0.235. The maximum Gasteiger partial charge on any atom is 0.0981 e. The molecule has 1 aliphatic rings. The predicted molar refractivity (Wildman–Crippen MR) is 19.7 cm³/mol. The second-order valence-electron chi connectivity index (χ2n) is 1.17. The van der Waals surface area contributed by atoms with E-state index in [2.05, 4.69) is 4.74 Å². The molecule has 0 aromatic heterocycles. The number of epoxide rings is 1. The lowest BCUT2D eigenvalue weighted by Crippen LogP contribution is -1.78. The zero-order valence-electron chi connectivity index (χ0n) is 3.22. The Balaban J connectivity index is 2.05. The van der Waals surface area contributed by atoms with Crippen molar-refractivity contribution in [3.63, 3.8) is 0 Å². The Morgan fingerprint density at radius 3 is 2.83 bits per heavy atom. The summed E-state index contributed by atoms with van der Waals surface area (Å²) >= 11 is 0. The lowest BCUT2D eigenvalue weighted by molar-refractivity contribution is 0.433. The molecule has 0 bridgehead atoms. The van der Waals surface area contributed by atoms with Crippen LogP contribution in [0.5, 0.6) is 0 Å². The van der Waals surface area contributed by atoms with Crippen LogP contribution in [0.3, 0.4) is 0 Å². The van der Waals surface area contributed by atoms with E-state index in [0.717, 1.165) is 6.61 Å². The zero-order chi connectivity index (χ0) is 4.41. The third-order valence-corrected chi connectivity index (χ3v) is 0.620. The highest BCUT2D eigenvalue weighted by Crippen LogP contribution is 2.09. The van der Waals surface area contributed by atoms with E-state index in [1.54, 1.807) is 0 Å². The molecule has 1 saturated heterocycles. The van der Waals surface area contributed by atoms with Gasteiger partial charge in [0.2, 0.25) is 0 Å². The van der Waals surface area contributed by atoms with Crippen LogP contribution in [0, 0.1) is 17.8 Å². The van der Waals surface area contributed by atoms with Gasteiger partial charge in [-0.05, 0) is 0 Å². The maximum absolute atomic E-state index is 7.89. The van der Waals surface area contributed by atoms with Crippen LogP contribution >= 0.6 is 0 Å². The lowest BCUT2D eigenvalue weighted by Gasteiger charge is -1.66. The van der Waals surface area contributed by atoms with Crippen molar-refractivity contribution in [2.75, 3.05) is 6.61 Å². The molecular weight excluding hydrogens is 78.0 g/mol. The van der Waals surface area contributed by atoms with Gasteiger partial charge in [0.05, 0.1) is 25.2 Å². The van der Waals surface area contributed by atoms with E-state index in [4.69, 9.17) is 5.26 Å². The molecule has 1 unspecified atom stereocenters. The lowest BCUT2D eigenvalue weighted by atomic mass is 10.4. The van der Waals surface area contributed by atoms with Crippen LogP contribution in [-0.4, -0.2) is 12.7 Å². The monoisotopic (exact) mass is 82.0 g/mol. The third kappa shape index (κ3) is 0.697. The van der Waals surface area contributed by atoms with E-state index in [9.17, 15) is 0 Å². The Labute approximate surface area is 36.3 Å². The zero-order valence-corrected chi connectivity index (χ0v) is 3.22. The fourth-order valence-corrected chi connectivity index (χ4v) is 0.235. The molecule has 1 aliphatic heterocycles. The second kappa shape index (κ2) is 1.27. The van der Waals surface area contributed by atoms with E-state index in [1.807, 2.05) is 6.07 Å². The van der Waals surface area contributed by atoms with Crippen molar-refractivity contribution in [3.8, 4) is 6.07 Å². The molecule has 1 atom stereocenters. The van der Waals surface area contributed by atoms with Crippen LogP contribution in [0.1, 0.15) is 0 Å². The molecule has 2 heteroatoms. The van der Waals surface area contributed by atoms with Crippen molar-refractivity contribution >= 4 is 0 Å². The molecule has 0 spiro atoms. The molecule has 1 radical (unpaired) electrons. The van der Waals surface area contributed by atoms with Gasteiger partial charge in [-0.2, -0.15) is 5.26 Å². The Hall–Kier alpha value is -0.550. The van der Waals surface area contributed by atoms with Gasteiger partial charge < -0.3 is 4.74 Å². The molecule has 0 aromatic carbocycles. The molecule has 2 nitrogen and oxygen atoms in total. The number of nitriles is 1. The number of hydrogen-bond donors (Lipinski definition) is 0. The molecule has 1 rings (SSSR count). The smallest absolute Gasteiger partial charge is 0.0981 e. The van der Waals surface area contributed by atoms with Crippen molar-refractivity contribution in [2.45, 2.75) is 6.10 Å². The van der Waals surface area contributed by atoms with Crippen LogP contribution in [0.25, 0.3) is 0 Å². The third-order valence-electron chi connectivity index (χ3n) is 0.620. The topological polar surface area (TPSA) is 36.3 Å². The summed E-state index contributed by atoms with van der Waals surface area (Å²) in [7, 11) is 0. The van der Waals surface area contributed by atoms with E-state index < -0.39 is 0 Å². The Bertz CT molecular complexity index is 80.0. The Kier molecular flexibility index (Phi) is 0.771. The van der Waals surface area contributed by atoms with E-state index in [0.29, 0.717) is 0 Å². The van der Waals surface area contributed by atoms with Gasteiger partial charge in [-0.3, -0.25) is 0 Å². The van der Waals surface area contributed by atoms with Crippen molar-refractivity contribution in [3.05, 3.63) is 6.42 Å². The molecule has 0 saturated carbocycles. The molecule has 0 aliphatic carbocycles. The minimum atomic E-state index is 0.162. The molecule has 0 amide bonds. The first-order chi connectivity index (χ1) is 2.93. The Morgan fingerprint density at radius 1 is 2.00 bits per heavy atom. The highest BCUT2D eigenvalue weighted by molar-refractivity contribution is 5.02. The van der Waals surface area contributed by atoms with Crippen molar-refractivity contribution in [2.24, 2.45) is 0 Å². The summed E-state index contributed by atoms with van der Waals surface area (Å²) < 4.78 is 4.67. The number of ether oxygens (including phenoxy) is 1. The largest absolute Gasteiger partial charge is 0.372 e. The SMILES string of the molecule is N#C[CH]C1CO1. The van der Waals surface area contributed by atoms with Gasteiger partial charge in [-0.15, -0.1) is 0 Å². The van der Waals surface area contributed by atoms with Gasteiger partial charge >= 0.3 is 0 Å². The van der Waals surface area contributed by atoms with Gasteiger partial charge in [0.1, 0.15) is 0 Å². The van der Waals surface area contributed by atoms with Crippen LogP contribution in [0.2, 0.25) is 0 Å². The highest BCUT2D eigenvalue weighted by atomic mass is 16.6. The summed E-state index contributed by atoms with van der Waals surface area (Å²) in [5, 5.41) is 7.89. The van der Waals surface area contributed by atoms with Crippen LogP contribution in [-0.2, 0) is 4.74 Å². The number of rotatable bonds is 1. The Morgan fingerprint density at radius 2 is 2.67 bits per heavy atom. The van der Waals surface area contributed by atoms with Crippen molar-refractivity contribution in [1.29, 1.82) is 5.26 Å². The molecular formula is C4H4NO. The summed E-state index contributed by atoms with van der Waals surface area (Å²) in [5.41, 5.74) is 0. The maximum atomic E-state index is 7.89. The summed E-state index contributed by atoms with van der Waals surface area (Å²) in [6, 6.07) is 1.88. The molecule has 0 aromatic rings. The molecule has 1 heterocycles. The van der Waals surface area contributed by atoms with Crippen LogP contribution < -0.4 is 0 Å². The summed E-state index contributed by atoms with van der Waals surface area (Å²) in [6.45, 7) is 0.744. The molecule has 6 heavy (non-hydrogen) atoms. The van der Waals surface area contributed by atoms with Crippen LogP contribution in [0.4, 0.5) is 0 Å². The first-order valence-electron chi connectivity index (χ1n) is 1.78. The second-order valence-corrected chi connectivity index (χ2v) is 1.17. The van der Waals surface area contributed by atoms with E-state index in [-0.39, 0.29) is 6.10 Å². The fraction of sp³-hybridized carbons (Fsp3) is 0.500. The molecule has 0 N–H and O–H groups in total. The van der Waals surface area contributed by atoms with Gasteiger partial charge in [-0.1, -0.05) is 0 Å².